The van der Waals surface area contributed by atoms with Gasteiger partial charge in [0, 0.05) is 0 Å². The molecule has 0 bridgehead atoms. The second-order valence-electron chi connectivity index (χ2n) is 4.30. The molecule has 1 aromatic carbocycles. The Labute approximate surface area is 125 Å². The Balaban J connectivity index is 2.27. The summed E-state index contributed by atoms with van der Waals surface area (Å²) in [5, 5.41) is 17.1. The lowest BCUT2D eigenvalue weighted by Gasteiger charge is -2.12. The molecule has 21 heavy (non-hydrogen) atoms. The van der Waals surface area contributed by atoms with Gasteiger partial charge in [-0.1, -0.05) is 0 Å². The first-order chi connectivity index (χ1) is 10.3. The molecule has 2 N–H and O–H groups in total. The zero-order chi connectivity index (χ0) is 15.3. The van der Waals surface area contributed by atoms with Crippen LogP contribution in [0, 0.1) is 6.92 Å². The van der Waals surface area contributed by atoms with Crippen molar-refractivity contribution < 1.29 is 29.2 Å². The Morgan fingerprint density at radius 3 is 2.00 bits per heavy atom. The van der Waals surface area contributed by atoms with Crippen molar-refractivity contribution in [3.63, 3.8) is 0 Å². The zero-order valence-electron chi connectivity index (χ0n) is 12.4. The molecule has 0 aliphatic carbocycles. The number of rotatable bonds is 12. The lowest BCUT2D eigenvalue weighted by molar-refractivity contribution is 0.0696. The Hall–Kier alpha value is -1.34. The second-order valence-corrected chi connectivity index (χ2v) is 4.30. The van der Waals surface area contributed by atoms with Crippen LogP contribution in [0.2, 0.25) is 0 Å². The van der Waals surface area contributed by atoms with Gasteiger partial charge in [-0.2, -0.15) is 0 Å². The Morgan fingerprint density at radius 1 is 0.810 bits per heavy atom. The Bertz CT molecular complexity index is 382. The van der Waals surface area contributed by atoms with Crippen LogP contribution in [0.5, 0.6) is 11.5 Å². The van der Waals surface area contributed by atoms with E-state index in [1.807, 2.05) is 25.1 Å². The lowest BCUT2D eigenvalue weighted by atomic mass is 10.2. The van der Waals surface area contributed by atoms with E-state index in [1.165, 1.54) is 0 Å². The highest BCUT2D eigenvalue weighted by Gasteiger charge is 2.02. The van der Waals surface area contributed by atoms with Crippen molar-refractivity contribution in [2.45, 2.75) is 6.92 Å². The Kier molecular flexibility index (Phi) is 9.56. The number of aryl methyl sites for hydroxylation is 1. The highest BCUT2D eigenvalue weighted by Crippen LogP contribution is 2.23. The molecule has 1 aromatic rings. The van der Waals surface area contributed by atoms with Crippen molar-refractivity contribution in [2.24, 2.45) is 0 Å². The zero-order valence-corrected chi connectivity index (χ0v) is 12.4. The number of hydrogen-bond acceptors (Lipinski definition) is 6. The maximum atomic E-state index is 8.57. The van der Waals surface area contributed by atoms with Crippen LogP contribution in [0.15, 0.2) is 18.2 Å². The third-order valence-corrected chi connectivity index (χ3v) is 2.60. The van der Waals surface area contributed by atoms with Gasteiger partial charge in [0.2, 0.25) is 0 Å². The average molecular weight is 300 g/mol. The lowest BCUT2D eigenvalue weighted by Crippen LogP contribution is -2.10. The third-order valence-electron chi connectivity index (χ3n) is 2.60. The van der Waals surface area contributed by atoms with Crippen LogP contribution < -0.4 is 9.47 Å². The number of hydrogen-bond donors (Lipinski definition) is 2. The summed E-state index contributed by atoms with van der Waals surface area (Å²) in [5.41, 5.74) is 0.978. The van der Waals surface area contributed by atoms with E-state index in [0.717, 1.165) is 17.1 Å². The van der Waals surface area contributed by atoms with Crippen LogP contribution in [-0.2, 0) is 9.47 Å². The molecule has 1 rings (SSSR count). The fourth-order valence-electron chi connectivity index (χ4n) is 1.64. The molecule has 0 radical (unpaired) electrons. The molecule has 0 heterocycles. The summed E-state index contributed by atoms with van der Waals surface area (Å²) in [7, 11) is 0. The molecular weight excluding hydrogens is 276 g/mol. The number of aliphatic hydroxyl groups is 2. The third kappa shape index (κ3) is 7.87. The minimum Gasteiger partial charge on any atom is -0.491 e. The summed E-state index contributed by atoms with van der Waals surface area (Å²) in [6.07, 6.45) is 0. The molecule has 0 aliphatic heterocycles. The molecule has 6 nitrogen and oxygen atoms in total. The van der Waals surface area contributed by atoms with Crippen molar-refractivity contribution in [2.75, 3.05) is 52.9 Å². The molecule has 0 atom stereocenters. The van der Waals surface area contributed by atoms with Crippen molar-refractivity contribution in [3.05, 3.63) is 23.8 Å². The number of aliphatic hydroxyl groups excluding tert-OH is 2. The topological polar surface area (TPSA) is 77.4 Å². The van der Waals surface area contributed by atoms with Crippen LogP contribution in [0.4, 0.5) is 0 Å². The first-order valence-corrected chi connectivity index (χ1v) is 7.01. The summed E-state index contributed by atoms with van der Waals surface area (Å²) < 4.78 is 21.3. The predicted octanol–water partition coefficient (Wildman–Crippen LogP) is 0.770. The molecule has 0 saturated heterocycles. The van der Waals surface area contributed by atoms with Crippen LogP contribution in [0.25, 0.3) is 0 Å². The fourth-order valence-corrected chi connectivity index (χ4v) is 1.64. The van der Waals surface area contributed by atoms with Crippen LogP contribution >= 0.6 is 0 Å². The molecule has 0 spiro atoms. The first kappa shape index (κ1) is 17.7. The highest BCUT2D eigenvalue weighted by molar-refractivity contribution is 5.39. The summed E-state index contributed by atoms with van der Waals surface area (Å²) in [4.78, 5) is 0. The van der Waals surface area contributed by atoms with Gasteiger partial charge in [-0.25, -0.2) is 0 Å². The van der Waals surface area contributed by atoms with Gasteiger partial charge in [-0.05, 0) is 30.7 Å². The van der Waals surface area contributed by atoms with Gasteiger partial charge in [0.05, 0.1) is 39.6 Å². The second kappa shape index (κ2) is 11.3. The highest BCUT2D eigenvalue weighted by atomic mass is 16.5. The number of benzene rings is 1. The molecular formula is C15H24O6. The quantitative estimate of drug-likeness (QED) is 0.555. The van der Waals surface area contributed by atoms with Gasteiger partial charge >= 0.3 is 0 Å². The van der Waals surface area contributed by atoms with E-state index in [0.29, 0.717) is 39.6 Å². The van der Waals surface area contributed by atoms with E-state index >= 15 is 0 Å². The molecule has 120 valence electrons. The summed E-state index contributed by atoms with van der Waals surface area (Å²) in [6, 6.07) is 5.59. The van der Waals surface area contributed by atoms with Crippen molar-refractivity contribution >= 4 is 0 Å². The number of ether oxygens (including phenoxy) is 4. The maximum Gasteiger partial charge on any atom is 0.122 e. The fraction of sp³-hybridized carbons (Fsp3) is 0.600. The van der Waals surface area contributed by atoms with Gasteiger partial charge in [0.15, 0.2) is 0 Å². The van der Waals surface area contributed by atoms with Crippen molar-refractivity contribution in [1.29, 1.82) is 0 Å². The maximum absolute atomic E-state index is 8.57. The van der Waals surface area contributed by atoms with Crippen molar-refractivity contribution in [1.82, 2.24) is 0 Å². The van der Waals surface area contributed by atoms with Crippen LogP contribution in [-0.4, -0.2) is 63.1 Å². The molecule has 0 fully saturated rings. The van der Waals surface area contributed by atoms with Crippen LogP contribution in [0.3, 0.4) is 0 Å². The van der Waals surface area contributed by atoms with Gasteiger partial charge in [-0.3, -0.25) is 0 Å². The average Bonchev–Trinajstić information content (AvgIpc) is 2.48. The van der Waals surface area contributed by atoms with Crippen LogP contribution in [0.1, 0.15) is 5.56 Å². The van der Waals surface area contributed by atoms with E-state index in [4.69, 9.17) is 29.2 Å². The summed E-state index contributed by atoms with van der Waals surface area (Å²) in [5.74, 6) is 1.54. The smallest absolute Gasteiger partial charge is 0.122 e. The van der Waals surface area contributed by atoms with Gasteiger partial charge in [0.25, 0.3) is 0 Å². The van der Waals surface area contributed by atoms with E-state index in [2.05, 4.69) is 0 Å². The Morgan fingerprint density at radius 2 is 1.43 bits per heavy atom. The molecule has 0 amide bonds. The van der Waals surface area contributed by atoms with E-state index in [1.54, 1.807) is 0 Å². The van der Waals surface area contributed by atoms with Gasteiger partial charge in [-0.15, -0.1) is 0 Å². The van der Waals surface area contributed by atoms with E-state index in [-0.39, 0.29) is 13.2 Å². The first-order valence-electron chi connectivity index (χ1n) is 7.01. The SMILES string of the molecule is Cc1cc(OCCOCCO)ccc1OCCOCCO. The van der Waals surface area contributed by atoms with E-state index in [9.17, 15) is 0 Å². The van der Waals surface area contributed by atoms with E-state index < -0.39 is 0 Å². The summed E-state index contributed by atoms with van der Waals surface area (Å²) >= 11 is 0. The largest absolute Gasteiger partial charge is 0.491 e. The minimum atomic E-state index is 0.0209. The van der Waals surface area contributed by atoms with Gasteiger partial charge < -0.3 is 29.2 Å². The minimum absolute atomic E-state index is 0.0209. The normalized spacial score (nSPS) is 10.6. The molecule has 0 saturated carbocycles. The monoisotopic (exact) mass is 300 g/mol. The molecule has 6 heteroatoms. The molecule has 0 unspecified atom stereocenters. The van der Waals surface area contributed by atoms with Crippen molar-refractivity contribution in [3.8, 4) is 11.5 Å². The predicted molar refractivity (Wildman–Crippen MR) is 78.0 cm³/mol. The summed E-state index contributed by atoms with van der Waals surface area (Å²) in [6.45, 7) is 4.41. The standard InChI is InChI=1S/C15H24O6/c1-13-12-14(20-10-8-18-6-4-16)2-3-15(13)21-11-9-19-7-5-17/h2-3,12,16-17H,4-11H2,1H3. The van der Waals surface area contributed by atoms with Gasteiger partial charge in [0.1, 0.15) is 24.7 Å². The molecule has 0 aliphatic rings. The molecule has 0 aromatic heterocycles.